The predicted molar refractivity (Wildman–Crippen MR) is 58.9 cm³/mol. The number of rotatable bonds is 4. The molecule has 0 aliphatic rings. The van der Waals surface area contributed by atoms with Crippen molar-refractivity contribution in [3.05, 3.63) is 30.1 Å². The van der Waals surface area contributed by atoms with E-state index in [9.17, 15) is 4.79 Å². The van der Waals surface area contributed by atoms with E-state index in [1.807, 2.05) is 26.0 Å². The van der Waals surface area contributed by atoms with E-state index in [0.29, 0.717) is 6.54 Å². The summed E-state index contributed by atoms with van der Waals surface area (Å²) in [6, 6.07) is 3.29. The fraction of sp³-hybridized carbons (Fsp3) is 0.455. The smallest absolute Gasteiger partial charge is 0.237 e. The first-order chi connectivity index (χ1) is 7.11. The number of hydrogen-bond acceptors (Lipinski definition) is 3. The van der Waals surface area contributed by atoms with Crippen molar-refractivity contribution in [2.24, 2.45) is 11.7 Å². The molecule has 1 aromatic rings. The molecular formula is C11H17N3O. The van der Waals surface area contributed by atoms with Crippen LogP contribution in [0.4, 0.5) is 0 Å². The summed E-state index contributed by atoms with van der Waals surface area (Å²) in [5.41, 5.74) is 6.72. The first-order valence-corrected chi connectivity index (χ1v) is 5.03. The first-order valence-electron chi connectivity index (χ1n) is 5.03. The van der Waals surface area contributed by atoms with Crippen LogP contribution in [-0.2, 0) is 11.3 Å². The van der Waals surface area contributed by atoms with Gasteiger partial charge in [-0.25, -0.2) is 0 Å². The second-order valence-corrected chi connectivity index (χ2v) is 3.84. The lowest BCUT2D eigenvalue weighted by molar-refractivity contribution is -0.123. The zero-order valence-electron chi connectivity index (χ0n) is 9.10. The zero-order valence-corrected chi connectivity index (χ0v) is 9.10. The van der Waals surface area contributed by atoms with E-state index in [1.54, 1.807) is 12.4 Å². The highest BCUT2D eigenvalue weighted by atomic mass is 16.2. The largest absolute Gasteiger partial charge is 0.351 e. The highest BCUT2D eigenvalue weighted by Crippen LogP contribution is 1.99. The Morgan fingerprint density at radius 3 is 2.60 bits per heavy atom. The fourth-order valence-electron chi connectivity index (χ4n) is 1.11. The van der Waals surface area contributed by atoms with Gasteiger partial charge in [-0.15, -0.1) is 0 Å². The fourth-order valence-corrected chi connectivity index (χ4v) is 1.11. The molecule has 82 valence electrons. The molecule has 3 N–H and O–H groups in total. The molecule has 1 amide bonds. The summed E-state index contributed by atoms with van der Waals surface area (Å²) in [5, 5.41) is 2.79. The first kappa shape index (κ1) is 11.7. The number of carbonyl (C=O) groups is 1. The van der Waals surface area contributed by atoms with Crippen molar-refractivity contribution in [2.75, 3.05) is 0 Å². The van der Waals surface area contributed by atoms with Gasteiger partial charge in [-0.05, 0) is 23.6 Å². The van der Waals surface area contributed by atoms with Crippen molar-refractivity contribution in [1.82, 2.24) is 10.3 Å². The van der Waals surface area contributed by atoms with Gasteiger partial charge in [0.1, 0.15) is 0 Å². The maximum Gasteiger partial charge on any atom is 0.237 e. The number of hydrogen-bond donors (Lipinski definition) is 2. The van der Waals surface area contributed by atoms with Gasteiger partial charge in [-0.3, -0.25) is 9.78 Å². The number of aromatic nitrogens is 1. The minimum atomic E-state index is -0.438. The van der Waals surface area contributed by atoms with Crippen molar-refractivity contribution < 1.29 is 4.79 Å². The molecule has 0 radical (unpaired) electrons. The number of amides is 1. The topological polar surface area (TPSA) is 68.0 Å². The van der Waals surface area contributed by atoms with Gasteiger partial charge >= 0.3 is 0 Å². The van der Waals surface area contributed by atoms with Crippen LogP contribution in [0.5, 0.6) is 0 Å². The average molecular weight is 207 g/mol. The molecule has 1 atom stereocenters. The molecule has 0 saturated heterocycles. The molecule has 0 aliphatic heterocycles. The number of carbonyl (C=O) groups excluding carboxylic acids is 1. The van der Waals surface area contributed by atoms with E-state index in [2.05, 4.69) is 10.3 Å². The van der Waals surface area contributed by atoms with Crippen LogP contribution in [0.3, 0.4) is 0 Å². The SMILES string of the molecule is CC(C)[C@@H](N)C(=O)NCc1ccncc1. The van der Waals surface area contributed by atoms with E-state index in [1.165, 1.54) is 0 Å². The summed E-state index contributed by atoms with van der Waals surface area (Å²) in [6.07, 6.45) is 3.40. The van der Waals surface area contributed by atoms with Gasteiger partial charge in [0.25, 0.3) is 0 Å². The normalized spacial score (nSPS) is 12.5. The second kappa shape index (κ2) is 5.46. The van der Waals surface area contributed by atoms with E-state index in [-0.39, 0.29) is 11.8 Å². The van der Waals surface area contributed by atoms with Crippen molar-refractivity contribution in [3.63, 3.8) is 0 Å². The minimum Gasteiger partial charge on any atom is -0.351 e. The second-order valence-electron chi connectivity index (χ2n) is 3.84. The molecule has 0 fully saturated rings. The highest BCUT2D eigenvalue weighted by Gasteiger charge is 2.16. The number of pyridine rings is 1. The quantitative estimate of drug-likeness (QED) is 0.763. The predicted octanol–water partition coefficient (Wildman–Crippen LogP) is 0.681. The van der Waals surface area contributed by atoms with Gasteiger partial charge in [-0.1, -0.05) is 13.8 Å². The van der Waals surface area contributed by atoms with Crippen molar-refractivity contribution in [1.29, 1.82) is 0 Å². The Morgan fingerprint density at radius 2 is 2.07 bits per heavy atom. The van der Waals surface area contributed by atoms with E-state index < -0.39 is 6.04 Å². The third kappa shape index (κ3) is 3.67. The van der Waals surface area contributed by atoms with Crippen molar-refractivity contribution >= 4 is 5.91 Å². The summed E-state index contributed by atoms with van der Waals surface area (Å²) < 4.78 is 0. The van der Waals surface area contributed by atoms with Crippen molar-refractivity contribution in [3.8, 4) is 0 Å². The summed E-state index contributed by atoms with van der Waals surface area (Å²) >= 11 is 0. The number of nitrogens with zero attached hydrogens (tertiary/aromatic N) is 1. The Balaban J connectivity index is 2.41. The average Bonchev–Trinajstić information content (AvgIpc) is 2.26. The minimum absolute atomic E-state index is 0.109. The van der Waals surface area contributed by atoms with Crippen molar-refractivity contribution in [2.45, 2.75) is 26.4 Å². The van der Waals surface area contributed by atoms with Crippen LogP contribution in [0.1, 0.15) is 19.4 Å². The molecule has 0 aliphatic carbocycles. The van der Waals surface area contributed by atoms with Crippen LogP contribution in [0.15, 0.2) is 24.5 Å². The molecule has 0 aromatic carbocycles. The standard InChI is InChI=1S/C11H17N3O/c1-8(2)10(12)11(15)14-7-9-3-5-13-6-4-9/h3-6,8,10H,7,12H2,1-2H3,(H,14,15)/t10-/m1/s1. The Morgan fingerprint density at radius 1 is 1.47 bits per heavy atom. The lowest BCUT2D eigenvalue weighted by Crippen LogP contribution is -2.43. The van der Waals surface area contributed by atoms with Gasteiger partial charge in [0, 0.05) is 18.9 Å². The monoisotopic (exact) mass is 207 g/mol. The summed E-state index contributed by atoms with van der Waals surface area (Å²) in [5.74, 6) is 0.0456. The molecule has 4 heteroatoms. The Bertz CT molecular complexity index is 311. The molecular weight excluding hydrogens is 190 g/mol. The maximum atomic E-state index is 11.5. The Kier molecular flexibility index (Phi) is 4.24. The molecule has 0 spiro atoms. The Hall–Kier alpha value is -1.42. The van der Waals surface area contributed by atoms with Crippen LogP contribution in [0, 0.1) is 5.92 Å². The lowest BCUT2D eigenvalue weighted by Gasteiger charge is -2.15. The van der Waals surface area contributed by atoms with Gasteiger partial charge < -0.3 is 11.1 Å². The molecule has 0 unspecified atom stereocenters. The van der Waals surface area contributed by atoms with Crippen LogP contribution in [0.25, 0.3) is 0 Å². The lowest BCUT2D eigenvalue weighted by atomic mass is 10.1. The van der Waals surface area contributed by atoms with Crippen LogP contribution >= 0.6 is 0 Å². The molecule has 1 aromatic heterocycles. The molecule has 4 nitrogen and oxygen atoms in total. The molecule has 15 heavy (non-hydrogen) atoms. The summed E-state index contributed by atoms with van der Waals surface area (Å²) in [4.78, 5) is 15.4. The maximum absolute atomic E-state index is 11.5. The number of nitrogens with two attached hydrogens (primary N) is 1. The number of nitrogens with one attached hydrogen (secondary N) is 1. The van der Waals surface area contributed by atoms with E-state index in [4.69, 9.17) is 5.73 Å². The van der Waals surface area contributed by atoms with Crippen LogP contribution < -0.4 is 11.1 Å². The summed E-state index contributed by atoms with van der Waals surface area (Å²) in [7, 11) is 0. The van der Waals surface area contributed by atoms with Gasteiger partial charge in [0.15, 0.2) is 0 Å². The van der Waals surface area contributed by atoms with E-state index in [0.717, 1.165) is 5.56 Å². The third-order valence-corrected chi connectivity index (χ3v) is 2.24. The molecule has 0 saturated carbocycles. The summed E-state index contributed by atoms with van der Waals surface area (Å²) in [6.45, 7) is 4.36. The van der Waals surface area contributed by atoms with Gasteiger partial charge in [-0.2, -0.15) is 0 Å². The van der Waals surface area contributed by atoms with Gasteiger partial charge in [0.2, 0.25) is 5.91 Å². The zero-order chi connectivity index (χ0) is 11.3. The molecule has 1 rings (SSSR count). The molecule has 0 bridgehead atoms. The molecule has 1 heterocycles. The van der Waals surface area contributed by atoms with Gasteiger partial charge in [0.05, 0.1) is 6.04 Å². The highest BCUT2D eigenvalue weighted by molar-refractivity contribution is 5.81. The Labute approximate surface area is 89.9 Å². The van der Waals surface area contributed by atoms with Crippen LogP contribution in [0.2, 0.25) is 0 Å². The van der Waals surface area contributed by atoms with E-state index >= 15 is 0 Å². The third-order valence-electron chi connectivity index (χ3n) is 2.24. The van der Waals surface area contributed by atoms with Crippen LogP contribution in [-0.4, -0.2) is 16.9 Å².